The fraction of sp³-hybridized carbons (Fsp3) is 0.857. The van der Waals surface area contributed by atoms with Crippen LogP contribution in [0.3, 0.4) is 0 Å². The lowest BCUT2D eigenvalue weighted by Crippen LogP contribution is -2.45. The molecule has 0 aromatic rings. The normalized spacial score (nSPS) is 10.8. The third kappa shape index (κ3) is 2.10. The lowest BCUT2D eigenvalue weighted by molar-refractivity contribution is -0.124. The van der Waals surface area contributed by atoms with E-state index < -0.39 is 0 Å². The average molecular weight is 114 g/mol. The van der Waals surface area contributed by atoms with Gasteiger partial charge in [0.2, 0.25) is 0 Å². The van der Waals surface area contributed by atoms with Crippen LogP contribution in [0.1, 0.15) is 27.7 Å². The maximum atomic E-state index is 5.68. The summed E-state index contributed by atoms with van der Waals surface area (Å²) in [5.41, 5.74) is 1.10. The Bertz CT molecular complexity index is 72.4. The molecule has 0 saturated carbocycles. The second-order valence-electron chi connectivity index (χ2n) is 2.81. The summed E-state index contributed by atoms with van der Waals surface area (Å²) in [5, 5.41) is 5.68. The van der Waals surface area contributed by atoms with E-state index >= 15 is 0 Å². The topological polar surface area (TPSA) is 25.6 Å². The molecule has 0 fully saturated rings. The molecule has 0 aliphatic heterocycles. The Morgan fingerprint density at radius 2 is 1.25 bits per heavy atom. The zero-order chi connectivity index (χ0) is 6.73. The molecule has 0 aromatic carbocycles. The molecule has 48 valence electrons. The van der Waals surface area contributed by atoms with Crippen molar-refractivity contribution < 1.29 is 5.41 Å². The quantitative estimate of drug-likeness (QED) is 0.506. The number of nitrogens with two attached hydrogens (primary N) is 1. The van der Waals surface area contributed by atoms with E-state index in [0.717, 1.165) is 5.71 Å². The van der Waals surface area contributed by atoms with Gasteiger partial charge in [-0.3, -0.25) is 5.41 Å². The van der Waals surface area contributed by atoms with Crippen LogP contribution in [0, 0.1) is 11.8 Å². The minimum atomic E-state index is 0.537. The zero-order valence-electron chi connectivity index (χ0n) is 6.23. The summed E-state index contributed by atoms with van der Waals surface area (Å²) >= 11 is 0. The van der Waals surface area contributed by atoms with Crippen LogP contribution in [0.2, 0.25) is 0 Å². The Balaban J connectivity index is 3.65. The molecule has 0 spiro atoms. The minimum Gasteiger partial charge on any atom is -0.261 e. The van der Waals surface area contributed by atoms with E-state index in [1.807, 2.05) is 0 Å². The van der Waals surface area contributed by atoms with E-state index in [9.17, 15) is 0 Å². The van der Waals surface area contributed by atoms with Crippen molar-refractivity contribution in [2.45, 2.75) is 27.7 Å². The molecular formula is C7H16N+. The van der Waals surface area contributed by atoms with Crippen LogP contribution in [0.4, 0.5) is 0 Å². The number of rotatable bonds is 2. The highest BCUT2D eigenvalue weighted by molar-refractivity contribution is 5.81. The third-order valence-electron chi connectivity index (χ3n) is 1.33. The van der Waals surface area contributed by atoms with E-state index in [1.54, 1.807) is 0 Å². The molecule has 0 aliphatic carbocycles. The van der Waals surface area contributed by atoms with Gasteiger partial charge >= 0.3 is 0 Å². The van der Waals surface area contributed by atoms with Crippen molar-refractivity contribution in [3.05, 3.63) is 0 Å². The van der Waals surface area contributed by atoms with Crippen LogP contribution in [-0.2, 0) is 0 Å². The largest absolute Gasteiger partial charge is 0.261 e. The van der Waals surface area contributed by atoms with Crippen LogP contribution in [0.5, 0.6) is 0 Å². The molecule has 0 aromatic heterocycles. The van der Waals surface area contributed by atoms with Crippen molar-refractivity contribution in [3.63, 3.8) is 0 Å². The molecule has 8 heavy (non-hydrogen) atoms. The predicted molar refractivity (Wildman–Crippen MR) is 36.6 cm³/mol. The third-order valence-corrected chi connectivity index (χ3v) is 1.33. The summed E-state index contributed by atoms with van der Waals surface area (Å²) in [5.74, 6) is 1.07. The van der Waals surface area contributed by atoms with Crippen LogP contribution in [0.25, 0.3) is 0 Å². The van der Waals surface area contributed by atoms with Gasteiger partial charge in [0.15, 0.2) is 5.71 Å². The van der Waals surface area contributed by atoms with Gasteiger partial charge in [0.05, 0.1) is 0 Å². The van der Waals surface area contributed by atoms with E-state index in [0.29, 0.717) is 11.8 Å². The van der Waals surface area contributed by atoms with E-state index in [1.165, 1.54) is 0 Å². The second kappa shape index (κ2) is 2.85. The lowest BCUT2D eigenvalue weighted by Gasteiger charge is -2.03. The molecule has 1 heteroatoms. The standard InChI is InChI=1S/C7H15N/c1-5(2)7(8)6(3)4/h5-6,8H,1-4H3/p+1. The first-order chi connectivity index (χ1) is 3.55. The van der Waals surface area contributed by atoms with Crippen molar-refractivity contribution in [1.29, 1.82) is 0 Å². The van der Waals surface area contributed by atoms with Crippen molar-refractivity contribution in [1.82, 2.24) is 0 Å². The Morgan fingerprint density at radius 3 is 1.25 bits per heavy atom. The first kappa shape index (κ1) is 7.67. The molecule has 0 unspecified atom stereocenters. The van der Waals surface area contributed by atoms with Crippen molar-refractivity contribution in [3.8, 4) is 0 Å². The van der Waals surface area contributed by atoms with Crippen molar-refractivity contribution >= 4 is 5.71 Å². The molecule has 1 nitrogen and oxygen atoms in total. The summed E-state index contributed by atoms with van der Waals surface area (Å²) in [6.45, 7) is 8.48. The monoisotopic (exact) mass is 114 g/mol. The molecule has 0 aliphatic rings. The van der Waals surface area contributed by atoms with Gasteiger partial charge in [0.25, 0.3) is 0 Å². The number of hydrogen-bond acceptors (Lipinski definition) is 0. The molecule has 0 rings (SSSR count). The molecule has 0 amide bonds. The first-order valence-corrected chi connectivity index (χ1v) is 3.18. The molecule has 2 N–H and O–H groups in total. The van der Waals surface area contributed by atoms with Gasteiger partial charge in [-0.25, -0.2) is 0 Å². The Kier molecular flexibility index (Phi) is 2.74. The first-order valence-electron chi connectivity index (χ1n) is 3.18. The highest BCUT2D eigenvalue weighted by Crippen LogP contribution is 2.01. The van der Waals surface area contributed by atoms with Crippen LogP contribution in [-0.4, -0.2) is 5.71 Å². The Morgan fingerprint density at radius 1 is 1.00 bits per heavy atom. The maximum Gasteiger partial charge on any atom is 0.154 e. The predicted octanol–water partition coefficient (Wildman–Crippen LogP) is 0.498. The van der Waals surface area contributed by atoms with Gasteiger partial charge < -0.3 is 0 Å². The molecule has 0 atom stereocenters. The fourth-order valence-corrected chi connectivity index (χ4v) is 0.667. The van der Waals surface area contributed by atoms with Crippen LogP contribution in [0.15, 0.2) is 0 Å². The molecular weight excluding hydrogens is 98.1 g/mol. The van der Waals surface area contributed by atoms with Crippen molar-refractivity contribution in [2.24, 2.45) is 11.8 Å². The highest BCUT2D eigenvalue weighted by Gasteiger charge is 2.11. The fourth-order valence-electron chi connectivity index (χ4n) is 0.667. The zero-order valence-corrected chi connectivity index (χ0v) is 6.23. The summed E-state index contributed by atoms with van der Waals surface area (Å²) in [6, 6.07) is 0. The minimum absolute atomic E-state index is 0.537. The summed E-state index contributed by atoms with van der Waals surface area (Å²) in [4.78, 5) is 0. The van der Waals surface area contributed by atoms with Gasteiger partial charge in [0.1, 0.15) is 0 Å². The van der Waals surface area contributed by atoms with Gasteiger partial charge in [-0.05, 0) is 0 Å². The van der Waals surface area contributed by atoms with Crippen LogP contribution >= 0.6 is 0 Å². The lowest BCUT2D eigenvalue weighted by atomic mass is 9.98. The van der Waals surface area contributed by atoms with Gasteiger partial charge in [-0.2, -0.15) is 0 Å². The van der Waals surface area contributed by atoms with E-state index in [2.05, 4.69) is 27.7 Å². The molecule has 0 radical (unpaired) electrons. The van der Waals surface area contributed by atoms with Gasteiger partial charge in [-0.15, -0.1) is 0 Å². The summed E-state index contributed by atoms with van der Waals surface area (Å²) in [7, 11) is 0. The molecule has 0 saturated heterocycles. The molecule has 0 bridgehead atoms. The molecule has 0 heterocycles. The van der Waals surface area contributed by atoms with E-state index in [-0.39, 0.29) is 0 Å². The second-order valence-corrected chi connectivity index (χ2v) is 2.81. The smallest absolute Gasteiger partial charge is 0.154 e. The maximum absolute atomic E-state index is 5.68. The van der Waals surface area contributed by atoms with E-state index in [4.69, 9.17) is 5.41 Å². The highest BCUT2D eigenvalue weighted by atomic mass is 14.4. The number of hydrogen-bond donors (Lipinski definition) is 1. The SMILES string of the molecule is CC(C)C(=[NH2+])C(C)C. The average Bonchev–Trinajstić information content (AvgIpc) is 1.64. The summed E-state index contributed by atoms with van der Waals surface area (Å²) < 4.78 is 0. The van der Waals surface area contributed by atoms with Gasteiger partial charge in [-0.1, -0.05) is 27.7 Å². The van der Waals surface area contributed by atoms with Crippen LogP contribution < -0.4 is 5.41 Å². The summed E-state index contributed by atoms with van der Waals surface area (Å²) in [6.07, 6.45) is 0. The Labute approximate surface area is 51.6 Å². The Hall–Kier alpha value is -0.330. The van der Waals surface area contributed by atoms with Crippen molar-refractivity contribution in [2.75, 3.05) is 0 Å². The van der Waals surface area contributed by atoms with Gasteiger partial charge in [0, 0.05) is 11.8 Å².